The molecular formula is C15H26N2O. The number of nitrogens with two attached hydrogens (primary N) is 1. The molecule has 1 rings (SSSR count). The lowest BCUT2D eigenvalue weighted by Gasteiger charge is -2.26. The van der Waals surface area contributed by atoms with Crippen molar-refractivity contribution in [3.05, 3.63) is 29.8 Å². The molecule has 0 heterocycles. The van der Waals surface area contributed by atoms with Crippen molar-refractivity contribution in [1.29, 1.82) is 0 Å². The lowest BCUT2D eigenvalue weighted by atomic mass is 9.87. The van der Waals surface area contributed by atoms with Crippen LogP contribution < -0.4 is 16.0 Å². The quantitative estimate of drug-likeness (QED) is 0.549. The maximum Gasteiger partial charge on any atom is 0.118 e. The molecule has 0 aliphatic carbocycles. The van der Waals surface area contributed by atoms with E-state index in [1.165, 1.54) is 24.8 Å². The summed E-state index contributed by atoms with van der Waals surface area (Å²) in [4.78, 5) is 0. The standard InChI is InChI=1S/C15H26N2O/c1-4-6-7-12(5-2)15(17-16)13-8-10-14(18-3)11-9-13/h8-12,15,17H,4-7,16H2,1-3H3. The molecular weight excluding hydrogens is 224 g/mol. The molecule has 3 N–H and O–H groups in total. The van der Waals surface area contributed by atoms with E-state index < -0.39 is 0 Å². The molecule has 0 saturated carbocycles. The fourth-order valence-electron chi connectivity index (χ4n) is 2.39. The van der Waals surface area contributed by atoms with Gasteiger partial charge in [0.05, 0.1) is 7.11 Å². The van der Waals surface area contributed by atoms with Crippen molar-refractivity contribution in [2.75, 3.05) is 7.11 Å². The highest BCUT2D eigenvalue weighted by Crippen LogP contribution is 2.29. The van der Waals surface area contributed by atoms with Crippen LogP contribution in [0.4, 0.5) is 0 Å². The molecule has 0 radical (unpaired) electrons. The molecule has 2 unspecified atom stereocenters. The number of hydrogen-bond donors (Lipinski definition) is 2. The number of hydrazine groups is 1. The SMILES string of the molecule is CCCCC(CC)C(NN)c1ccc(OC)cc1. The van der Waals surface area contributed by atoms with E-state index in [1.54, 1.807) is 7.11 Å². The minimum Gasteiger partial charge on any atom is -0.497 e. The van der Waals surface area contributed by atoms with E-state index in [4.69, 9.17) is 10.6 Å². The Morgan fingerprint density at radius 2 is 1.89 bits per heavy atom. The normalized spacial score (nSPS) is 14.2. The second-order valence-corrected chi connectivity index (χ2v) is 4.73. The highest BCUT2D eigenvalue weighted by Gasteiger charge is 2.20. The monoisotopic (exact) mass is 250 g/mol. The zero-order valence-corrected chi connectivity index (χ0v) is 11.8. The second-order valence-electron chi connectivity index (χ2n) is 4.73. The van der Waals surface area contributed by atoms with Crippen LogP contribution in [0.25, 0.3) is 0 Å². The Bertz CT molecular complexity index is 324. The van der Waals surface area contributed by atoms with Crippen molar-refractivity contribution in [2.24, 2.45) is 11.8 Å². The molecule has 0 aromatic heterocycles. The minimum absolute atomic E-state index is 0.229. The van der Waals surface area contributed by atoms with E-state index in [9.17, 15) is 0 Å². The summed E-state index contributed by atoms with van der Waals surface area (Å²) in [5.74, 6) is 7.21. The van der Waals surface area contributed by atoms with Gasteiger partial charge in [0.1, 0.15) is 5.75 Å². The third-order valence-electron chi connectivity index (χ3n) is 3.58. The Morgan fingerprint density at radius 3 is 2.33 bits per heavy atom. The summed E-state index contributed by atoms with van der Waals surface area (Å²) in [6, 6.07) is 8.40. The van der Waals surface area contributed by atoms with Gasteiger partial charge in [-0.25, -0.2) is 0 Å². The molecule has 0 spiro atoms. The topological polar surface area (TPSA) is 47.3 Å². The molecule has 0 aliphatic heterocycles. The van der Waals surface area contributed by atoms with Gasteiger partial charge in [-0.05, 0) is 30.0 Å². The maximum atomic E-state index is 5.74. The van der Waals surface area contributed by atoms with Crippen LogP contribution in [0.3, 0.4) is 0 Å². The van der Waals surface area contributed by atoms with E-state index in [1.807, 2.05) is 12.1 Å². The van der Waals surface area contributed by atoms with E-state index in [0.717, 1.165) is 12.2 Å². The molecule has 2 atom stereocenters. The smallest absolute Gasteiger partial charge is 0.118 e. The van der Waals surface area contributed by atoms with Gasteiger partial charge in [-0.15, -0.1) is 0 Å². The summed E-state index contributed by atoms with van der Waals surface area (Å²) >= 11 is 0. The van der Waals surface area contributed by atoms with Crippen molar-refractivity contribution < 1.29 is 4.74 Å². The third kappa shape index (κ3) is 4.00. The van der Waals surface area contributed by atoms with Crippen LogP contribution in [0.5, 0.6) is 5.75 Å². The first-order valence-corrected chi connectivity index (χ1v) is 6.86. The van der Waals surface area contributed by atoms with Gasteiger partial charge in [0.2, 0.25) is 0 Å². The van der Waals surface area contributed by atoms with Crippen molar-refractivity contribution in [3.63, 3.8) is 0 Å². The van der Waals surface area contributed by atoms with E-state index >= 15 is 0 Å². The van der Waals surface area contributed by atoms with Crippen LogP contribution in [0, 0.1) is 5.92 Å². The van der Waals surface area contributed by atoms with Gasteiger partial charge in [-0.3, -0.25) is 11.3 Å². The zero-order valence-electron chi connectivity index (χ0n) is 11.8. The number of benzene rings is 1. The number of rotatable bonds is 8. The zero-order chi connectivity index (χ0) is 13.4. The summed E-state index contributed by atoms with van der Waals surface area (Å²) in [7, 11) is 1.68. The predicted molar refractivity (Wildman–Crippen MR) is 76.4 cm³/mol. The molecule has 102 valence electrons. The highest BCUT2D eigenvalue weighted by molar-refractivity contribution is 5.29. The van der Waals surface area contributed by atoms with Crippen molar-refractivity contribution in [3.8, 4) is 5.75 Å². The summed E-state index contributed by atoms with van der Waals surface area (Å²) in [5, 5.41) is 0. The molecule has 0 aliphatic rings. The number of unbranched alkanes of at least 4 members (excludes halogenated alkanes) is 1. The first kappa shape index (κ1) is 15.0. The Balaban J connectivity index is 2.78. The molecule has 0 bridgehead atoms. The number of ether oxygens (including phenoxy) is 1. The average molecular weight is 250 g/mol. The summed E-state index contributed by atoms with van der Waals surface area (Å²) < 4.78 is 5.18. The van der Waals surface area contributed by atoms with E-state index in [-0.39, 0.29) is 6.04 Å². The first-order chi connectivity index (χ1) is 8.76. The lowest BCUT2D eigenvalue weighted by molar-refractivity contribution is 0.326. The molecule has 3 heteroatoms. The Hall–Kier alpha value is -1.06. The van der Waals surface area contributed by atoms with Crippen LogP contribution in [0.1, 0.15) is 51.1 Å². The van der Waals surface area contributed by atoms with Crippen LogP contribution in [0.15, 0.2) is 24.3 Å². The molecule has 18 heavy (non-hydrogen) atoms. The molecule has 3 nitrogen and oxygen atoms in total. The second kappa shape index (κ2) is 8.11. The van der Waals surface area contributed by atoms with Gasteiger partial charge >= 0.3 is 0 Å². The van der Waals surface area contributed by atoms with Crippen molar-refractivity contribution in [2.45, 2.75) is 45.6 Å². The Labute approximate surface area is 111 Å². The summed E-state index contributed by atoms with van der Waals surface area (Å²) in [5.41, 5.74) is 4.21. The highest BCUT2D eigenvalue weighted by atomic mass is 16.5. The third-order valence-corrected chi connectivity index (χ3v) is 3.58. The van der Waals surface area contributed by atoms with E-state index in [0.29, 0.717) is 5.92 Å². The molecule has 0 fully saturated rings. The van der Waals surface area contributed by atoms with Gasteiger partial charge < -0.3 is 4.74 Å². The Kier molecular flexibility index (Phi) is 6.76. The lowest BCUT2D eigenvalue weighted by Crippen LogP contribution is -2.33. The van der Waals surface area contributed by atoms with Gasteiger partial charge in [0, 0.05) is 6.04 Å². The largest absolute Gasteiger partial charge is 0.497 e. The summed E-state index contributed by atoms with van der Waals surface area (Å²) in [6.45, 7) is 4.46. The first-order valence-electron chi connectivity index (χ1n) is 6.86. The molecule has 1 aromatic carbocycles. The van der Waals surface area contributed by atoms with Crippen molar-refractivity contribution in [1.82, 2.24) is 5.43 Å². The Morgan fingerprint density at radius 1 is 1.22 bits per heavy atom. The van der Waals surface area contributed by atoms with Gasteiger partial charge in [-0.2, -0.15) is 0 Å². The fourth-order valence-corrected chi connectivity index (χ4v) is 2.39. The minimum atomic E-state index is 0.229. The van der Waals surface area contributed by atoms with Gasteiger partial charge in [0.15, 0.2) is 0 Å². The van der Waals surface area contributed by atoms with Crippen LogP contribution in [0.2, 0.25) is 0 Å². The number of hydrogen-bond acceptors (Lipinski definition) is 3. The fraction of sp³-hybridized carbons (Fsp3) is 0.600. The van der Waals surface area contributed by atoms with Gasteiger partial charge in [0.25, 0.3) is 0 Å². The molecule has 1 aromatic rings. The maximum absolute atomic E-state index is 5.74. The number of nitrogens with one attached hydrogen (secondary N) is 1. The van der Waals surface area contributed by atoms with Crippen LogP contribution >= 0.6 is 0 Å². The van der Waals surface area contributed by atoms with Crippen molar-refractivity contribution >= 4 is 0 Å². The summed E-state index contributed by atoms with van der Waals surface area (Å²) in [6.07, 6.45) is 4.85. The molecule has 0 amide bonds. The predicted octanol–water partition coefficient (Wildman–Crippen LogP) is 3.42. The van der Waals surface area contributed by atoms with Crippen LogP contribution in [-0.4, -0.2) is 7.11 Å². The van der Waals surface area contributed by atoms with Gasteiger partial charge in [-0.1, -0.05) is 45.2 Å². The molecule has 0 saturated heterocycles. The number of methoxy groups -OCH3 is 1. The van der Waals surface area contributed by atoms with E-state index in [2.05, 4.69) is 31.4 Å². The van der Waals surface area contributed by atoms with Crippen LogP contribution in [-0.2, 0) is 0 Å². The average Bonchev–Trinajstić information content (AvgIpc) is 2.43.